The van der Waals surface area contributed by atoms with Crippen LogP contribution >= 0.6 is 15.9 Å². The van der Waals surface area contributed by atoms with Gasteiger partial charge in [-0.3, -0.25) is 4.79 Å². The Morgan fingerprint density at radius 1 is 1.06 bits per heavy atom. The molecule has 0 bridgehead atoms. The van der Waals surface area contributed by atoms with Gasteiger partial charge in [-0.1, -0.05) is 43.6 Å². The van der Waals surface area contributed by atoms with Crippen molar-refractivity contribution in [3.05, 3.63) is 0 Å². The van der Waals surface area contributed by atoms with E-state index >= 15 is 0 Å². The molecular weight excluding hydrogens is 268 g/mol. The second kappa shape index (κ2) is 5.07. The monoisotopic (exact) mass is 292 g/mol. The van der Waals surface area contributed by atoms with Gasteiger partial charge < -0.3 is 4.74 Å². The van der Waals surface area contributed by atoms with Crippen LogP contribution in [-0.2, 0) is 9.53 Å². The number of rotatable bonds is 4. The maximum Gasteiger partial charge on any atom is 0.306 e. The highest BCUT2D eigenvalue weighted by Gasteiger charge is 2.30. The van der Waals surface area contributed by atoms with E-state index < -0.39 is 5.60 Å². The minimum atomic E-state index is -0.392. The van der Waals surface area contributed by atoms with Crippen molar-refractivity contribution in [3.8, 4) is 0 Å². The number of hydrogen-bond donors (Lipinski definition) is 0. The molecule has 0 aliphatic heterocycles. The number of hydrogen-bond acceptors (Lipinski definition) is 2. The van der Waals surface area contributed by atoms with Crippen molar-refractivity contribution in [1.82, 2.24) is 0 Å². The normalized spacial score (nSPS) is 13.8. The van der Waals surface area contributed by atoms with Crippen molar-refractivity contribution < 1.29 is 9.53 Å². The number of ether oxygens (including phenoxy) is 1. The SMILES string of the molecule is CC(C)(Br)CC(C)(C)CC(=O)OC(C)(C)C. The zero-order valence-electron chi connectivity index (χ0n) is 11.6. The maximum atomic E-state index is 11.7. The first-order valence-electron chi connectivity index (χ1n) is 5.72. The number of halogens is 1. The highest BCUT2D eigenvalue weighted by Crippen LogP contribution is 2.36. The number of carbonyl (C=O) groups excluding carboxylic acids is 1. The minimum absolute atomic E-state index is 0.0463. The highest BCUT2D eigenvalue weighted by molar-refractivity contribution is 9.10. The second-order valence-corrected chi connectivity index (χ2v) is 8.97. The van der Waals surface area contributed by atoms with Gasteiger partial charge in [-0.25, -0.2) is 0 Å². The quantitative estimate of drug-likeness (QED) is 0.570. The Balaban J connectivity index is 4.32. The van der Waals surface area contributed by atoms with Crippen molar-refractivity contribution in [2.45, 2.75) is 71.2 Å². The van der Waals surface area contributed by atoms with E-state index in [9.17, 15) is 4.79 Å². The Morgan fingerprint density at radius 3 is 1.81 bits per heavy atom. The zero-order chi connectivity index (χ0) is 13.2. The molecule has 96 valence electrons. The van der Waals surface area contributed by atoms with Gasteiger partial charge in [-0.05, 0) is 32.6 Å². The molecule has 0 aliphatic rings. The van der Waals surface area contributed by atoms with E-state index in [0.717, 1.165) is 6.42 Å². The summed E-state index contributed by atoms with van der Waals surface area (Å²) < 4.78 is 5.39. The van der Waals surface area contributed by atoms with Crippen molar-refractivity contribution in [3.63, 3.8) is 0 Å². The molecule has 0 spiro atoms. The lowest BCUT2D eigenvalue weighted by molar-refractivity contribution is -0.157. The predicted molar refractivity (Wildman–Crippen MR) is 71.9 cm³/mol. The van der Waals surface area contributed by atoms with Crippen LogP contribution < -0.4 is 0 Å². The van der Waals surface area contributed by atoms with Crippen LogP contribution in [0.4, 0.5) is 0 Å². The van der Waals surface area contributed by atoms with E-state index in [0.29, 0.717) is 6.42 Å². The predicted octanol–water partition coefficient (Wildman–Crippen LogP) is 4.31. The van der Waals surface area contributed by atoms with Crippen molar-refractivity contribution in [2.75, 3.05) is 0 Å². The molecule has 0 saturated heterocycles. The van der Waals surface area contributed by atoms with Crippen LogP contribution in [-0.4, -0.2) is 15.9 Å². The van der Waals surface area contributed by atoms with Gasteiger partial charge in [0.05, 0.1) is 6.42 Å². The summed E-state index contributed by atoms with van der Waals surface area (Å²) in [4.78, 5) is 11.7. The molecule has 3 heteroatoms. The fourth-order valence-electron chi connectivity index (χ4n) is 1.97. The molecule has 0 aromatic carbocycles. The van der Waals surface area contributed by atoms with Gasteiger partial charge >= 0.3 is 5.97 Å². The van der Waals surface area contributed by atoms with E-state index in [-0.39, 0.29) is 15.7 Å². The molecule has 0 rings (SSSR count). The summed E-state index contributed by atoms with van der Waals surface area (Å²) in [5.74, 6) is -0.116. The third-order valence-corrected chi connectivity index (χ3v) is 2.22. The van der Waals surface area contributed by atoms with E-state index in [1.165, 1.54) is 0 Å². The van der Waals surface area contributed by atoms with Gasteiger partial charge in [-0.2, -0.15) is 0 Å². The van der Waals surface area contributed by atoms with Gasteiger partial charge in [0, 0.05) is 4.32 Å². The molecule has 0 saturated carbocycles. The maximum absolute atomic E-state index is 11.7. The van der Waals surface area contributed by atoms with E-state index in [2.05, 4.69) is 43.6 Å². The van der Waals surface area contributed by atoms with Crippen LogP contribution in [0.1, 0.15) is 61.3 Å². The lowest BCUT2D eigenvalue weighted by Crippen LogP contribution is -2.30. The summed E-state index contributed by atoms with van der Waals surface area (Å²) in [6.45, 7) is 14.1. The lowest BCUT2D eigenvalue weighted by atomic mass is 9.81. The average Bonchev–Trinajstić information content (AvgIpc) is 1.70. The number of alkyl halides is 1. The zero-order valence-corrected chi connectivity index (χ0v) is 13.2. The Bertz CT molecular complexity index is 244. The van der Waals surface area contributed by atoms with Crippen LogP contribution in [0.5, 0.6) is 0 Å². The topological polar surface area (TPSA) is 26.3 Å². The number of carbonyl (C=O) groups is 1. The van der Waals surface area contributed by atoms with E-state index in [1.54, 1.807) is 0 Å². The Morgan fingerprint density at radius 2 is 1.50 bits per heavy atom. The summed E-state index contributed by atoms with van der Waals surface area (Å²) in [6.07, 6.45) is 1.39. The van der Waals surface area contributed by atoms with Crippen molar-refractivity contribution >= 4 is 21.9 Å². The molecule has 2 nitrogen and oxygen atoms in total. The fourth-order valence-corrected chi connectivity index (χ4v) is 2.73. The summed E-state index contributed by atoms with van der Waals surface area (Å²) in [5, 5.41) is 0. The van der Waals surface area contributed by atoms with Gasteiger partial charge in [0.1, 0.15) is 5.60 Å². The van der Waals surface area contributed by atoms with Gasteiger partial charge in [0.2, 0.25) is 0 Å². The minimum Gasteiger partial charge on any atom is -0.460 e. The van der Waals surface area contributed by atoms with E-state index in [1.807, 2.05) is 20.8 Å². The molecular formula is C13H25BrO2. The summed E-state index contributed by atoms with van der Waals surface area (Å²) >= 11 is 3.61. The van der Waals surface area contributed by atoms with Gasteiger partial charge in [0.15, 0.2) is 0 Å². The smallest absolute Gasteiger partial charge is 0.306 e. The van der Waals surface area contributed by atoms with Crippen LogP contribution in [0.2, 0.25) is 0 Å². The molecule has 0 aromatic rings. The Kier molecular flexibility index (Phi) is 5.06. The van der Waals surface area contributed by atoms with Crippen LogP contribution in [0, 0.1) is 5.41 Å². The van der Waals surface area contributed by atoms with Crippen LogP contribution in [0.15, 0.2) is 0 Å². The number of esters is 1. The molecule has 0 N–H and O–H groups in total. The lowest BCUT2D eigenvalue weighted by Gasteiger charge is -2.31. The molecule has 0 atom stereocenters. The third kappa shape index (κ3) is 9.20. The molecule has 0 amide bonds. The second-order valence-electron chi connectivity index (χ2n) is 6.82. The summed E-state index contributed by atoms with van der Waals surface area (Å²) in [7, 11) is 0. The van der Waals surface area contributed by atoms with Crippen LogP contribution in [0.3, 0.4) is 0 Å². The van der Waals surface area contributed by atoms with Crippen molar-refractivity contribution in [1.29, 1.82) is 0 Å². The molecule has 0 radical (unpaired) electrons. The first-order chi connectivity index (χ1) is 6.81. The summed E-state index contributed by atoms with van der Waals surface area (Å²) in [6, 6.07) is 0. The fraction of sp³-hybridized carbons (Fsp3) is 0.923. The van der Waals surface area contributed by atoms with Crippen molar-refractivity contribution in [2.24, 2.45) is 5.41 Å². The van der Waals surface area contributed by atoms with Crippen LogP contribution in [0.25, 0.3) is 0 Å². The molecule has 0 aromatic heterocycles. The largest absolute Gasteiger partial charge is 0.460 e. The molecule has 0 fully saturated rings. The first kappa shape index (κ1) is 16.0. The first-order valence-corrected chi connectivity index (χ1v) is 6.51. The van der Waals surface area contributed by atoms with Gasteiger partial charge in [-0.15, -0.1) is 0 Å². The summed E-state index contributed by atoms with van der Waals surface area (Å²) in [5.41, 5.74) is -0.438. The Hall–Kier alpha value is -0.0500. The highest BCUT2D eigenvalue weighted by atomic mass is 79.9. The molecule has 0 heterocycles. The van der Waals surface area contributed by atoms with Gasteiger partial charge in [0.25, 0.3) is 0 Å². The molecule has 16 heavy (non-hydrogen) atoms. The van der Waals surface area contributed by atoms with E-state index in [4.69, 9.17) is 4.74 Å². The Labute approximate surface area is 108 Å². The standard InChI is InChI=1S/C13H25BrO2/c1-11(2,3)16-10(15)8-12(4,5)9-13(6,7)14/h8-9H2,1-7H3. The molecule has 0 unspecified atom stereocenters. The average molecular weight is 293 g/mol. The molecule has 0 aliphatic carbocycles. The third-order valence-electron chi connectivity index (χ3n) is 1.94.